The fourth-order valence-corrected chi connectivity index (χ4v) is 1.76. The van der Waals surface area contributed by atoms with Crippen LogP contribution in [0, 0.1) is 16.7 Å². The summed E-state index contributed by atoms with van der Waals surface area (Å²) in [5.41, 5.74) is 2.67. The Bertz CT molecular complexity index is 352. The van der Waals surface area contributed by atoms with Crippen molar-refractivity contribution in [2.75, 3.05) is 0 Å². The van der Waals surface area contributed by atoms with E-state index in [2.05, 4.69) is 37.3 Å². The molecule has 0 atom stereocenters. The number of hydrogen-bond donors (Lipinski definition) is 0. The molecule has 1 aliphatic rings. The molecule has 1 nitrogen and oxygen atoms in total. The number of hydrogen-bond acceptors (Lipinski definition) is 1. The predicted octanol–water partition coefficient (Wildman–Crippen LogP) is 3.10. The Morgan fingerprint density at radius 2 is 1.79 bits per heavy atom. The molecule has 0 spiro atoms. The second kappa shape index (κ2) is 3.46. The molecular formula is C13H15N. The molecule has 1 heteroatoms. The first-order valence-electron chi connectivity index (χ1n) is 5.27. The lowest BCUT2D eigenvalue weighted by molar-refractivity contribution is 0.665. The number of aryl methyl sites for hydroxylation is 1. The lowest BCUT2D eigenvalue weighted by Crippen LogP contribution is -2.01. The largest absolute Gasteiger partial charge is 0.198 e. The third-order valence-electron chi connectivity index (χ3n) is 3.06. The van der Waals surface area contributed by atoms with Gasteiger partial charge in [0, 0.05) is 0 Å². The Morgan fingerprint density at radius 3 is 2.21 bits per heavy atom. The Kier molecular flexibility index (Phi) is 2.29. The van der Waals surface area contributed by atoms with Gasteiger partial charge < -0.3 is 0 Å². The Hall–Kier alpha value is -1.29. The van der Waals surface area contributed by atoms with Gasteiger partial charge in [-0.2, -0.15) is 5.26 Å². The topological polar surface area (TPSA) is 23.8 Å². The molecule has 0 unspecified atom stereocenters. The normalized spacial score (nSPS) is 17.4. The Morgan fingerprint density at radius 1 is 1.21 bits per heavy atom. The molecule has 2 rings (SSSR count). The molecule has 0 bridgehead atoms. The molecule has 0 aliphatic heterocycles. The van der Waals surface area contributed by atoms with Crippen LogP contribution in [0.2, 0.25) is 0 Å². The summed E-state index contributed by atoms with van der Waals surface area (Å²) in [6, 6.07) is 11.1. The summed E-state index contributed by atoms with van der Waals surface area (Å²) in [5, 5.41) is 8.97. The smallest absolute Gasteiger partial charge is 0.0693 e. The van der Waals surface area contributed by atoms with Crippen molar-refractivity contribution in [1.82, 2.24) is 0 Å². The van der Waals surface area contributed by atoms with Crippen LogP contribution in [0.1, 0.15) is 30.9 Å². The fourth-order valence-electron chi connectivity index (χ4n) is 1.76. The molecule has 0 aromatic heterocycles. The van der Waals surface area contributed by atoms with Crippen LogP contribution in [0.5, 0.6) is 0 Å². The summed E-state index contributed by atoms with van der Waals surface area (Å²) in [5.74, 6) is 0. The summed E-state index contributed by atoms with van der Waals surface area (Å²) in [7, 11) is 0. The maximum Gasteiger partial charge on any atom is 0.0693 e. The highest BCUT2D eigenvalue weighted by Crippen LogP contribution is 2.47. The van der Waals surface area contributed by atoms with E-state index in [0.717, 1.165) is 25.7 Å². The van der Waals surface area contributed by atoms with Crippen molar-refractivity contribution in [2.24, 2.45) is 5.41 Å². The van der Waals surface area contributed by atoms with Crippen LogP contribution in [0.15, 0.2) is 24.3 Å². The van der Waals surface area contributed by atoms with Gasteiger partial charge in [0.1, 0.15) is 0 Å². The van der Waals surface area contributed by atoms with Crippen LogP contribution in [-0.2, 0) is 12.8 Å². The van der Waals surface area contributed by atoms with E-state index in [0.29, 0.717) is 0 Å². The van der Waals surface area contributed by atoms with Crippen LogP contribution >= 0.6 is 0 Å². The van der Waals surface area contributed by atoms with Crippen LogP contribution in [-0.4, -0.2) is 0 Å². The van der Waals surface area contributed by atoms with Crippen molar-refractivity contribution in [3.05, 3.63) is 35.4 Å². The third-order valence-corrected chi connectivity index (χ3v) is 3.06. The van der Waals surface area contributed by atoms with Gasteiger partial charge in [-0.25, -0.2) is 0 Å². The van der Waals surface area contributed by atoms with E-state index in [-0.39, 0.29) is 5.41 Å². The summed E-state index contributed by atoms with van der Waals surface area (Å²) in [6.07, 6.45) is 4.19. The monoisotopic (exact) mass is 185 g/mol. The van der Waals surface area contributed by atoms with Gasteiger partial charge in [0.15, 0.2) is 0 Å². The maximum absolute atomic E-state index is 8.97. The van der Waals surface area contributed by atoms with Gasteiger partial charge in [0.25, 0.3) is 0 Å². The van der Waals surface area contributed by atoms with E-state index < -0.39 is 0 Å². The minimum absolute atomic E-state index is 0.00622. The van der Waals surface area contributed by atoms with E-state index in [4.69, 9.17) is 5.26 Å². The third kappa shape index (κ3) is 1.80. The zero-order valence-electron chi connectivity index (χ0n) is 8.59. The number of nitriles is 1. The Balaban J connectivity index is 2.08. The van der Waals surface area contributed by atoms with Crippen LogP contribution in [0.25, 0.3) is 0 Å². The molecule has 72 valence electrons. The van der Waals surface area contributed by atoms with E-state index in [1.54, 1.807) is 0 Å². The second-order valence-electron chi connectivity index (χ2n) is 4.24. The summed E-state index contributed by atoms with van der Waals surface area (Å²) >= 11 is 0. The fraction of sp³-hybridized carbons (Fsp3) is 0.462. The lowest BCUT2D eigenvalue weighted by atomic mass is 9.97. The number of rotatable bonds is 3. The first kappa shape index (κ1) is 9.27. The van der Waals surface area contributed by atoms with Gasteiger partial charge in [-0.3, -0.25) is 0 Å². The van der Waals surface area contributed by atoms with Crippen molar-refractivity contribution < 1.29 is 0 Å². The van der Waals surface area contributed by atoms with Crippen LogP contribution in [0.3, 0.4) is 0 Å². The number of nitrogens with zero attached hydrogens (tertiary/aromatic N) is 1. The summed E-state index contributed by atoms with van der Waals surface area (Å²) in [4.78, 5) is 0. The molecule has 14 heavy (non-hydrogen) atoms. The first-order valence-corrected chi connectivity index (χ1v) is 5.27. The van der Waals surface area contributed by atoms with Crippen LogP contribution in [0.4, 0.5) is 0 Å². The first-order chi connectivity index (χ1) is 6.78. The quantitative estimate of drug-likeness (QED) is 0.709. The SMILES string of the molecule is CCc1ccc(CC2(C#N)CC2)cc1. The van der Waals surface area contributed by atoms with E-state index in [1.165, 1.54) is 11.1 Å². The van der Waals surface area contributed by atoms with Gasteiger partial charge in [-0.15, -0.1) is 0 Å². The van der Waals surface area contributed by atoms with Gasteiger partial charge in [0.05, 0.1) is 11.5 Å². The highest BCUT2D eigenvalue weighted by Gasteiger charge is 2.42. The molecular weight excluding hydrogens is 170 g/mol. The van der Waals surface area contributed by atoms with E-state index in [9.17, 15) is 0 Å². The van der Waals surface area contributed by atoms with Gasteiger partial charge >= 0.3 is 0 Å². The highest BCUT2D eigenvalue weighted by molar-refractivity contribution is 5.26. The van der Waals surface area contributed by atoms with Crippen molar-refractivity contribution in [3.8, 4) is 6.07 Å². The van der Waals surface area contributed by atoms with Crippen molar-refractivity contribution in [2.45, 2.75) is 32.6 Å². The molecule has 1 aromatic carbocycles. The summed E-state index contributed by atoms with van der Waals surface area (Å²) in [6.45, 7) is 2.16. The standard InChI is InChI=1S/C13H15N/c1-2-11-3-5-12(6-4-11)9-13(10-14)7-8-13/h3-6H,2,7-9H2,1H3. The average Bonchev–Trinajstić information content (AvgIpc) is 3.00. The highest BCUT2D eigenvalue weighted by atomic mass is 14.5. The maximum atomic E-state index is 8.97. The molecule has 1 saturated carbocycles. The molecule has 1 aliphatic carbocycles. The van der Waals surface area contributed by atoms with Crippen molar-refractivity contribution in [3.63, 3.8) is 0 Å². The number of benzene rings is 1. The van der Waals surface area contributed by atoms with Gasteiger partial charge in [-0.05, 0) is 36.8 Å². The molecule has 0 N–H and O–H groups in total. The van der Waals surface area contributed by atoms with E-state index in [1.807, 2.05) is 0 Å². The molecule has 0 heterocycles. The Labute approximate surface area is 85.4 Å². The van der Waals surface area contributed by atoms with Crippen molar-refractivity contribution >= 4 is 0 Å². The molecule has 0 radical (unpaired) electrons. The average molecular weight is 185 g/mol. The van der Waals surface area contributed by atoms with Crippen LogP contribution < -0.4 is 0 Å². The minimum atomic E-state index is -0.00622. The van der Waals surface area contributed by atoms with Gasteiger partial charge in [-0.1, -0.05) is 31.2 Å². The van der Waals surface area contributed by atoms with Gasteiger partial charge in [0.2, 0.25) is 0 Å². The summed E-state index contributed by atoms with van der Waals surface area (Å²) < 4.78 is 0. The van der Waals surface area contributed by atoms with Crippen molar-refractivity contribution in [1.29, 1.82) is 5.26 Å². The lowest BCUT2D eigenvalue weighted by Gasteiger charge is -2.06. The minimum Gasteiger partial charge on any atom is -0.198 e. The zero-order chi connectivity index (χ0) is 10.0. The molecule has 1 fully saturated rings. The predicted molar refractivity (Wildman–Crippen MR) is 56.8 cm³/mol. The zero-order valence-corrected chi connectivity index (χ0v) is 8.59. The molecule has 0 amide bonds. The molecule has 0 saturated heterocycles. The second-order valence-corrected chi connectivity index (χ2v) is 4.24. The molecule has 1 aromatic rings. The van der Waals surface area contributed by atoms with E-state index >= 15 is 0 Å².